The molecule has 0 aliphatic carbocycles. The fourth-order valence-electron chi connectivity index (χ4n) is 2.08. The molecule has 0 bridgehead atoms. The second-order valence-electron chi connectivity index (χ2n) is 5.11. The average Bonchev–Trinajstić information content (AvgIpc) is 2.99. The highest BCUT2D eigenvalue weighted by Gasteiger charge is 2.29. The van der Waals surface area contributed by atoms with E-state index in [-0.39, 0.29) is 5.91 Å². The summed E-state index contributed by atoms with van der Waals surface area (Å²) < 4.78 is 1.73. The first-order valence-corrected chi connectivity index (χ1v) is 7.09. The second-order valence-corrected chi connectivity index (χ2v) is 5.11. The van der Waals surface area contributed by atoms with Crippen molar-refractivity contribution in [2.24, 2.45) is 5.73 Å². The molecule has 0 spiro atoms. The molecule has 1 amide bonds. The minimum Gasteiger partial charge on any atom is -0.324 e. The van der Waals surface area contributed by atoms with Crippen LogP contribution in [0.15, 0.2) is 36.9 Å². The minimum atomic E-state index is -0.818. The zero-order valence-electron chi connectivity index (χ0n) is 12.4. The van der Waals surface area contributed by atoms with Gasteiger partial charge in [0, 0.05) is 5.69 Å². The molecule has 0 aliphatic rings. The fraction of sp³-hybridized carbons (Fsp3) is 0.400. The molecule has 0 aliphatic heterocycles. The Balaban J connectivity index is 2.09. The van der Waals surface area contributed by atoms with Gasteiger partial charge >= 0.3 is 0 Å². The quantitative estimate of drug-likeness (QED) is 0.848. The van der Waals surface area contributed by atoms with Crippen LogP contribution in [0.5, 0.6) is 0 Å². The summed E-state index contributed by atoms with van der Waals surface area (Å²) in [5, 5.41) is 6.96. The van der Waals surface area contributed by atoms with Crippen molar-refractivity contribution < 1.29 is 4.79 Å². The number of nitrogens with zero attached hydrogens (tertiary/aromatic N) is 3. The Labute approximate surface area is 124 Å². The average molecular weight is 287 g/mol. The summed E-state index contributed by atoms with van der Waals surface area (Å²) in [6.07, 6.45) is 4.36. The molecule has 112 valence electrons. The number of aromatic nitrogens is 3. The highest BCUT2D eigenvalue weighted by atomic mass is 16.2. The minimum absolute atomic E-state index is 0.148. The van der Waals surface area contributed by atoms with E-state index in [1.807, 2.05) is 38.1 Å². The Morgan fingerprint density at radius 2 is 2.14 bits per heavy atom. The lowest BCUT2D eigenvalue weighted by atomic mass is 9.93. The maximum Gasteiger partial charge on any atom is 0.244 e. The van der Waals surface area contributed by atoms with Gasteiger partial charge in [-0.25, -0.2) is 9.67 Å². The van der Waals surface area contributed by atoms with Gasteiger partial charge in [-0.2, -0.15) is 5.10 Å². The monoisotopic (exact) mass is 287 g/mol. The van der Waals surface area contributed by atoms with Crippen molar-refractivity contribution in [3.63, 3.8) is 0 Å². The number of carbonyl (C=O) groups is 1. The van der Waals surface area contributed by atoms with Crippen molar-refractivity contribution in [3.05, 3.63) is 42.5 Å². The highest BCUT2D eigenvalue weighted by Crippen LogP contribution is 2.17. The third-order valence-electron chi connectivity index (χ3n) is 3.71. The van der Waals surface area contributed by atoms with Gasteiger partial charge < -0.3 is 11.1 Å². The molecule has 3 N–H and O–H groups in total. The molecule has 1 heterocycles. The number of amides is 1. The van der Waals surface area contributed by atoms with Gasteiger partial charge in [-0.15, -0.1) is 0 Å². The van der Waals surface area contributed by atoms with Gasteiger partial charge in [0.2, 0.25) is 5.91 Å². The summed E-state index contributed by atoms with van der Waals surface area (Å²) >= 11 is 0. The SMILES string of the molecule is CCC(N)(CC)C(=O)Nc1cccc(Cn2cncn2)c1. The molecule has 0 unspecified atom stereocenters. The van der Waals surface area contributed by atoms with Crippen LogP contribution in [0.3, 0.4) is 0 Å². The van der Waals surface area contributed by atoms with Gasteiger partial charge in [0.25, 0.3) is 0 Å². The van der Waals surface area contributed by atoms with Crippen LogP contribution in [0.4, 0.5) is 5.69 Å². The normalized spacial score (nSPS) is 11.4. The third kappa shape index (κ3) is 3.66. The van der Waals surface area contributed by atoms with Crippen LogP contribution in [0.2, 0.25) is 0 Å². The maximum absolute atomic E-state index is 12.3. The van der Waals surface area contributed by atoms with Gasteiger partial charge in [0.1, 0.15) is 12.7 Å². The van der Waals surface area contributed by atoms with Crippen LogP contribution in [0.1, 0.15) is 32.3 Å². The molecule has 2 rings (SSSR count). The smallest absolute Gasteiger partial charge is 0.244 e. The van der Waals surface area contributed by atoms with Crippen LogP contribution < -0.4 is 11.1 Å². The third-order valence-corrected chi connectivity index (χ3v) is 3.71. The first-order valence-electron chi connectivity index (χ1n) is 7.09. The summed E-state index contributed by atoms with van der Waals surface area (Å²) in [7, 11) is 0. The molecule has 0 saturated carbocycles. The van der Waals surface area contributed by atoms with E-state index in [0.717, 1.165) is 11.3 Å². The van der Waals surface area contributed by atoms with E-state index >= 15 is 0 Å². The molecule has 0 saturated heterocycles. The van der Waals surface area contributed by atoms with Gasteiger partial charge in [-0.1, -0.05) is 26.0 Å². The van der Waals surface area contributed by atoms with Crippen LogP contribution >= 0.6 is 0 Å². The van der Waals surface area contributed by atoms with Crippen molar-refractivity contribution in [1.82, 2.24) is 14.8 Å². The van der Waals surface area contributed by atoms with E-state index in [1.54, 1.807) is 11.0 Å². The zero-order valence-corrected chi connectivity index (χ0v) is 12.4. The van der Waals surface area contributed by atoms with Crippen molar-refractivity contribution in [1.29, 1.82) is 0 Å². The van der Waals surface area contributed by atoms with Crippen molar-refractivity contribution in [2.45, 2.75) is 38.8 Å². The standard InChI is InChI=1S/C15H21N5O/c1-3-15(16,4-2)14(21)19-13-7-5-6-12(8-13)9-20-11-17-10-18-20/h5-8,10-11H,3-4,9,16H2,1-2H3,(H,19,21). The van der Waals surface area contributed by atoms with E-state index in [9.17, 15) is 4.79 Å². The Morgan fingerprint density at radius 1 is 1.38 bits per heavy atom. The Hall–Kier alpha value is -2.21. The number of anilines is 1. The highest BCUT2D eigenvalue weighted by molar-refractivity contribution is 5.97. The van der Waals surface area contributed by atoms with Crippen molar-refractivity contribution in [3.8, 4) is 0 Å². The van der Waals surface area contributed by atoms with Crippen molar-refractivity contribution >= 4 is 11.6 Å². The van der Waals surface area contributed by atoms with Crippen LogP contribution in [0.25, 0.3) is 0 Å². The van der Waals surface area contributed by atoms with Crippen LogP contribution in [-0.4, -0.2) is 26.2 Å². The van der Waals surface area contributed by atoms with E-state index in [4.69, 9.17) is 5.73 Å². The molecule has 21 heavy (non-hydrogen) atoms. The molecule has 0 atom stereocenters. The molecule has 1 aromatic heterocycles. The first-order chi connectivity index (χ1) is 10.1. The number of carbonyl (C=O) groups excluding carboxylic acids is 1. The number of benzene rings is 1. The van der Waals surface area contributed by atoms with E-state index in [0.29, 0.717) is 19.4 Å². The lowest BCUT2D eigenvalue weighted by Gasteiger charge is -2.25. The van der Waals surface area contributed by atoms with Gasteiger partial charge in [-0.3, -0.25) is 4.79 Å². The molecule has 0 fully saturated rings. The maximum atomic E-state index is 12.3. The van der Waals surface area contributed by atoms with Crippen LogP contribution in [-0.2, 0) is 11.3 Å². The topological polar surface area (TPSA) is 85.8 Å². The largest absolute Gasteiger partial charge is 0.324 e. The summed E-state index contributed by atoms with van der Waals surface area (Å²) in [6, 6.07) is 7.66. The summed E-state index contributed by atoms with van der Waals surface area (Å²) in [5.41, 5.74) is 7.06. The van der Waals surface area contributed by atoms with Crippen LogP contribution in [0, 0.1) is 0 Å². The number of hydrogen-bond donors (Lipinski definition) is 2. The molecule has 1 aromatic carbocycles. The Bertz CT molecular complexity index is 590. The lowest BCUT2D eigenvalue weighted by Crippen LogP contribution is -2.50. The summed E-state index contributed by atoms with van der Waals surface area (Å²) in [4.78, 5) is 16.2. The van der Waals surface area contributed by atoms with E-state index < -0.39 is 5.54 Å². The number of nitrogens with one attached hydrogen (secondary N) is 1. The number of hydrogen-bond acceptors (Lipinski definition) is 4. The molecular weight excluding hydrogens is 266 g/mol. The molecule has 6 nitrogen and oxygen atoms in total. The Morgan fingerprint density at radius 3 is 2.76 bits per heavy atom. The molecule has 0 radical (unpaired) electrons. The zero-order chi connectivity index (χ0) is 15.3. The fourth-order valence-corrected chi connectivity index (χ4v) is 2.08. The molecular formula is C15H21N5O. The van der Waals surface area contributed by atoms with E-state index in [2.05, 4.69) is 15.4 Å². The first kappa shape index (κ1) is 15.2. The molecule has 2 aromatic rings. The summed E-state index contributed by atoms with van der Waals surface area (Å²) in [6.45, 7) is 4.45. The van der Waals surface area contributed by atoms with Gasteiger partial charge in [0.15, 0.2) is 0 Å². The number of nitrogens with two attached hydrogens (primary N) is 1. The second kappa shape index (κ2) is 6.49. The van der Waals surface area contributed by atoms with Crippen molar-refractivity contribution in [2.75, 3.05) is 5.32 Å². The Kier molecular flexibility index (Phi) is 4.70. The van der Waals surface area contributed by atoms with E-state index in [1.165, 1.54) is 6.33 Å². The number of rotatable bonds is 6. The predicted octanol–water partition coefficient (Wildman–Crippen LogP) is 1.78. The lowest BCUT2D eigenvalue weighted by molar-refractivity contribution is -0.121. The molecule has 6 heteroatoms. The van der Waals surface area contributed by atoms with Gasteiger partial charge in [0.05, 0.1) is 12.1 Å². The summed E-state index contributed by atoms with van der Waals surface area (Å²) in [5.74, 6) is -0.148. The van der Waals surface area contributed by atoms with Gasteiger partial charge in [-0.05, 0) is 30.5 Å². The predicted molar refractivity (Wildman–Crippen MR) is 81.7 cm³/mol.